The maximum Gasteiger partial charge on any atom is 0.344 e. The third-order valence-corrected chi connectivity index (χ3v) is 3.38. The van der Waals surface area contributed by atoms with E-state index in [2.05, 4.69) is 0 Å². The summed E-state index contributed by atoms with van der Waals surface area (Å²) in [7, 11) is 0. The first kappa shape index (κ1) is 16.4. The molecular formula is C19H14O6. The van der Waals surface area contributed by atoms with Gasteiger partial charge in [0.05, 0.1) is 5.57 Å². The predicted octanol–water partition coefficient (Wildman–Crippen LogP) is 3.00. The van der Waals surface area contributed by atoms with Crippen LogP contribution in [0.2, 0.25) is 0 Å². The quantitative estimate of drug-likeness (QED) is 0.486. The van der Waals surface area contributed by atoms with Crippen molar-refractivity contribution in [2.45, 2.75) is 13.8 Å². The molecule has 1 aliphatic heterocycles. The lowest BCUT2D eigenvalue weighted by Crippen LogP contribution is -2.02. The molecule has 0 unspecified atom stereocenters. The Morgan fingerprint density at radius 2 is 1.52 bits per heavy atom. The molecular weight excluding hydrogens is 324 g/mol. The zero-order valence-electron chi connectivity index (χ0n) is 13.6. The highest BCUT2D eigenvalue weighted by Gasteiger charge is 2.27. The van der Waals surface area contributed by atoms with E-state index in [-0.39, 0.29) is 0 Å². The number of carbonyl (C=O) groups excluding carboxylic acids is 3. The highest BCUT2D eigenvalue weighted by atomic mass is 16.6. The Kier molecular flexibility index (Phi) is 4.35. The monoisotopic (exact) mass is 338 g/mol. The second-order valence-electron chi connectivity index (χ2n) is 5.36. The third kappa shape index (κ3) is 3.74. The lowest BCUT2D eigenvalue weighted by molar-refractivity contribution is -0.132. The summed E-state index contributed by atoms with van der Waals surface area (Å²) in [6.07, 6.45) is 1.68. The van der Waals surface area contributed by atoms with Crippen LogP contribution in [-0.2, 0) is 14.4 Å². The molecule has 6 nitrogen and oxygen atoms in total. The van der Waals surface area contributed by atoms with Gasteiger partial charge in [0, 0.05) is 25.5 Å². The van der Waals surface area contributed by atoms with Crippen LogP contribution in [0.3, 0.4) is 0 Å². The zero-order chi connectivity index (χ0) is 18.0. The molecule has 2 aromatic rings. The summed E-state index contributed by atoms with van der Waals surface area (Å²) >= 11 is 0. The molecule has 0 atom stereocenters. The second kappa shape index (κ2) is 6.60. The summed E-state index contributed by atoms with van der Waals surface area (Å²) in [5.74, 6) is -0.262. The van der Waals surface area contributed by atoms with E-state index < -0.39 is 17.9 Å². The molecule has 1 heterocycles. The van der Waals surface area contributed by atoms with E-state index in [1.165, 1.54) is 19.9 Å². The molecule has 0 fully saturated rings. The number of fused-ring (bicyclic) bond motifs is 1. The average molecular weight is 338 g/mol. The molecule has 0 saturated heterocycles. The number of ether oxygens (including phenoxy) is 3. The molecule has 0 aromatic heterocycles. The molecule has 0 spiro atoms. The van der Waals surface area contributed by atoms with Crippen molar-refractivity contribution >= 4 is 29.6 Å². The lowest BCUT2D eigenvalue weighted by Gasteiger charge is -2.03. The fourth-order valence-electron chi connectivity index (χ4n) is 2.41. The average Bonchev–Trinajstić information content (AvgIpc) is 2.83. The van der Waals surface area contributed by atoms with Crippen molar-refractivity contribution in [3.05, 3.63) is 53.6 Å². The van der Waals surface area contributed by atoms with Gasteiger partial charge in [0.2, 0.25) is 0 Å². The van der Waals surface area contributed by atoms with Gasteiger partial charge in [-0.3, -0.25) is 9.59 Å². The normalized spacial score (nSPS) is 14.0. The van der Waals surface area contributed by atoms with Crippen LogP contribution >= 0.6 is 0 Å². The van der Waals surface area contributed by atoms with Crippen LogP contribution in [0.4, 0.5) is 0 Å². The van der Waals surface area contributed by atoms with Gasteiger partial charge in [-0.25, -0.2) is 4.79 Å². The SMILES string of the molecule is CC(=O)Oc1ccc(/C=C2/C(=O)Oc3cc(OC(C)=O)ccc32)cc1. The highest BCUT2D eigenvalue weighted by molar-refractivity contribution is 6.26. The van der Waals surface area contributed by atoms with E-state index in [1.807, 2.05) is 0 Å². The molecule has 126 valence electrons. The largest absolute Gasteiger partial charge is 0.427 e. The first-order valence-electron chi connectivity index (χ1n) is 7.47. The van der Waals surface area contributed by atoms with Crippen molar-refractivity contribution in [3.8, 4) is 17.2 Å². The van der Waals surface area contributed by atoms with Gasteiger partial charge in [0.1, 0.15) is 17.2 Å². The molecule has 3 rings (SSSR count). The standard InChI is InChI=1S/C19H14O6/c1-11(20)23-14-5-3-13(4-6-14)9-17-16-8-7-15(24-12(2)21)10-18(16)25-19(17)22/h3-10H,1-2H3/b17-9+. The van der Waals surface area contributed by atoms with Crippen LogP contribution in [-0.4, -0.2) is 17.9 Å². The van der Waals surface area contributed by atoms with Gasteiger partial charge in [-0.2, -0.15) is 0 Å². The number of esters is 3. The molecule has 6 heteroatoms. The minimum Gasteiger partial charge on any atom is -0.427 e. The lowest BCUT2D eigenvalue weighted by atomic mass is 10.0. The minimum atomic E-state index is -0.487. The second-order valence-corrected chi connectivity index (χ2v) is 5.36. The molecule has 2 aromatic carbocycles. The Labute approximate surface area is 143 Å². The third-order valence-electron chi connectivity index (χ3n) is 3.38. The number of benzene rings is 2. The van der Waals surface area contributed by atoms with E-state index in [4.69, 9.17) is 14.2 Å². The van der Waals surface area contributed by atoms with E-state index in [0.29, 0.717) is 28.4 Å². The summed E-state index contributed by atoms with van der Waals surface area (Å²) in [6, 6.07) is 11.5. The number of hydrogen-bond donors (Lipinski definition) is 0. The summed E-state index contributed by atoms with van der Waals surface area (Å²) in [5, 5.41) is 0. The van der Waals surface area contributed by atoms with Gasteiger partial charge in [-0.1, -0.05) is 12.1 Å². The fraction of sp³-hybridized carbons (Fsp3) is 0.105. The fourth-order valence-corrected chi connectivity index (χ4v) is 2.41. The molecule has 0 amide bonds. The van der Waals surface area contributed by atoms with Crippen LogP contribution in [0.5, 0.6) is 17.2 Å². The highest BCUT2D eigenvalue weighted by Crippen LogP contribution is 2.38. The number of hydrogen-bond acceptors (Lipinski definition) is 6. The first-order valence-corrected chi connectivity index (χ1v) is 7.47. The molecule has 0 saturated carbocycles. The maximum absolute atomic E-state index is 12.1. The van der Waals surface area contributed by atoms with Crippen LogP contribution in [0.1, 0.15) is 25.0 Å². The van der Waals surface area contributed by atoms with Crippen LogP contribution in [0, 0.1) is 0 Å². The maximum atomic E-state index is 12.1. The van der Waals surface area contributed by atoms with Crippen molar-refractivity contribution in [3.63, 3.8) is 0 Å². The van der Waals surface area contributed by atoms with Crippen LogP contribution in [0.15, 0.2) is 42.5 Å². The van der Waals surface area contributed by atoms with Crippen molar-refractivity contribution < 1.29 is 28.6 Å². The smallest absolute Gasteiger partial charge is 0.344 e. The van der Waals surface area contributed by atoms with Gasteiger partial charge < -0.3 is 14.2 Å². The van der Waals surface area contributed by atoms with Crippen molar-refractivity contribution in [1.82, 2.24) is 0 Å². The topological polar surface area (TPSA) is 78.9 Å². The van der Waals surface area contributed by atoms with Crippen molar-refractivity contribution in [1.29, 1.82) is 0 Å². The Bertz CT molecular complexity index is 893. The van der Waals surface area contributed by atoms with Gasteiger partial charge in [-0.05, 0) is 35.9 Å². The Morgan fingerprint density at radius 3 is 2.16 bits per heavy atom. The van der Waals surface area contributed by atoms with E-state index in [0.717, 1.165) is 5.56 Å². The molecule has 1 aliphatic rings. The van der Waals surface area contributed by atoms with E-state index >= 15 is 0 Å². The van der Waals surface area contributed by atoms with Crippen molar-refractivity contribution in [2.24, 2.45) is 0 Å². The summed E-state index contributed by atoms with van der Waals surface area (Å²) in [5.41, 5.74) is 1.76. The van der Waals surface area contributed by atoms with Gasteiger partial charge in [0.25, 0.3) is 0 Å². The molecule has 25 heavy (non-hydrogen) atoms. The zero-order valence-corrected chi connectivity index (χ0v) is 13.6. The summed E-state index contributed by atoms with van der Waals surface area (Å²) in [6.45, 7) is 2.62. The van der Waals surface area contributed by atoms with Crippen LogP contribution < -0.4 is 14.2 Å². The van der Waals surface area contributed by atoms with E-state index in [1.54, 1.807) is 42.5 Å². The Balaban J connectivity index is 1.88. The van der Waals surface area contributed by atoms with Gasteiger partial charge >= 0.3 is 17.9 Å². The van der Waals surface area contributed by atoms with E-state index in [9.17, 15) is 14.4 Å². The predicted molar refractivity (Wildman–Crippen MR) is 89.0 cm³/mol. The minimum absolute atomic E-state index is 0.311. The Morgan fingerprint density at radius 1 is 0.920 bits per heavy atom. The number of carbonyl (C=O) groups is 3. The number of rotatable bonds is 3. The van der Waals surface area contributed by atoms with Gasteiger partial charge in [0.15, 0.2) is 0 Å². The molecule has 0 aliphatic carbocycles. The molecule has 0 N–H and O–H groups in total. The van der Waals surface area contributed by atoms with Gasteiger partial charge in [-0.15, -0.1) is 0 Å². The van der Waals surface area contributed by atoms with Crippen molar-refractivity contribution in [2.75, 3.05) is 0 Å². The first-order chi connectivity index (χ1) is 11.9. The van der Waals surface area contributed by atoms with Crippen LogP contribution in [0.25, 0.3) is 11.6 Å². The summed E-state index contributed by atoms with van der Waals surface area (Å²) < 4.78 is 15.2. The Hall–Kier alpha value is -3.41. The summed E-state index contributed by atoms with van der Waals surface area (Å²) in [4.78, 5) is 34.0. The molecule has 0 radical (unpaired) electrons. The molecule has 0 bridgehead atoms.